The Morgan fingerprint density at radius 2 is 1.72 bits per heavy atom. The predicted molar refractivity (Wildman–Crippen MR) is 190 cm³/mol. The van der Waals surface area contributed by atoms with Gasteiger partial charge in [-0.25, -0.2) is 28.6 Å². The van der Waals surface area contributed by atoms with Gasteiger partial charge in [0.2, 0.25) is 11.8 Å². The maximum atomic E-state index is 12.7. The van der Waals surface area contributed by atoms with Crippen LogP contribution < -0.4 is 16.4 Å². The van der Waals surface area contributed by atoms with E-state index in [1.807, 2.05) is 0 Å². The normalized spacial score (nSPS) is 21.7. The first-order chi connectivity index (χ1) is 26.3. The molecule has 0 spiro atoms. The highest BCUT2D eigenvalue weighted by Crippen LogP contribution is 2.61. The van der Waals surface area contributed by atoms with Gasteiger partial charge in [0, 0.05) is 30.7 Å². The molecule has 0 saturated carbocycles. The number of nitrogens with zero attached hydrogens (tertiary/aromatic N) is 4. The van der Waals surface area contributed by atoms with E-state index in [0.29, 0.717) is 11.8 Å². The van der Waals surface area contributed by atoms with Crippen LogP contribution >= 0.6 is 35.2 Å². The van der Waals surface area contributed by atoms with Crippen molar-refractivity contribution in [1.82, 2.24) is 30.2 Å². The lowest BCUT2D eigenvalue weighted by molar-refractivity contribution is -0.137. The summed E-state index contributed by atoms with van der Waals surface area (Å²) in [6.07, 6.45) is -6.94. The van der Waals surface area contributed by atoms with Gasteiger partial charge in [-0.05, 0) is 6.08 Å². The molecule has 0 aliphatic carbocycles. The number of phosphoric acid groups is 3. The van der Waals surface area contributed by atoms with Crippen LogP contribution in [-0.2, 0) is 55.5 Å². The summed E-state index contributed by atoms with van der Waals surface area (Å²) in [6, 6.07) is 0. The van der Waals surface area contributed by atoms with E-state index < -0.39 is 108 Å². The van der Waals surface area contributed by atoms with E-state index in [1.165, 1.54) is 13.8 Å². The average molecular weight is 896 g/mol. The van der Waals surface area contributed by atoms with Crippen molar-refractivity contribution in [2.24, 2.45) is 5.41 Å². The number of nitrogen functional groups attached to an aromatic ring is 1. The second-order valence-corrected chi connectivity index (χ2v) is 17.7. The van der Waals surface area contributed by atoms with Crippen molar-refractivity contribution < 1.29 is 95.5 Å². The quantitative estimate of drug-likeness (QED) is 0.0280. The summed E-state index contributed by atoms with van der Waals surface area (Å²) in [7, 11) is -16.5. The number of aliphatic carboxylic acids is 1. The molecule has 2 aromatic heterocycles. The van der Waals surface area contributed by atoms with Gasteiger partial charge in [-0.2, -0.15) is 4.31 Å². The molecule has 2 unspecified atom stereocenters. The van der Waals surface area contributed by atoms with Crippen molar-refractivity contribution in [2.75, 3.05) is 37.8 Å². The second kappa shape index (κ2) is 20.0. The molecule has 320 valence electrons. The molecule has 3 rings (SSSR count). The number of aliphatic hydroxyl groups excluding tert-OH is 3. The maximum absolute atomic E-state index is 12.7. The van der Waals surface area contributed by atoms with Gasteiger partial charge in [0.1, 0.15) is 36.3 Å². The Kier molecular flexibility index (Phi) is 16.8. The zero-order valence-corrected chi connectivity index (χ0v) is 33.2. The van der Waals surface area contributed by atoms with E-state index >= 15 is 0 Å². The lowest BCUT2D eigenvalue weighted by Crippen LogP contribution is -2.46. The van der Waals surface area contributed by atoms with Gasteiger partial charge >= 0.3 is 29.4 Å². The van der Waals surface area contributed by atoms with E-state index in [2.05, 4.69) is 34.4 Å². The van der Waals surface area contributed by atoms with Crippen molar-refractivity contribution in [3.8, 4) is 0 Å². The highest BCUT2D eigenvalue weighted by Gasteiger charge is 2.50. The number of nitrogens with two attached hydrogens (primary N) is 1. The van der Waals surface area contributed by atoms with Crippen LogP contribution in [0, 0.1) is 5.41 Å². The molecule has 3 heterocycles. The maximum Gasteiger partial charge on any atom is 0.481 e. The van der Waals surface area contributed by atoms with Gasteiger partial charge in [-0.1, -0.05) is 25.6 Å². The van der Waals surface area contributed by atoms with Crippen molar-refractivity contribution >= 4 is 75.1 Å². The van der Waals surface area contributed by atoms with Crippen LogP contribution in [0.3, 0.4) is 0 Å². The fourth-order valence-electron chi connectivity index (χ4n) is 4.62. The number of carbonyl (C=O) groups is 4. The van der Waals surface area contributed by atoms with Gasteiger partial charge in [-0.3, -0.25) is 37.3 Å². The van der Waals surface area contributed by atoms with E-state index in [-0.39, 0.29) is 42.2 Å². The standard InChI is InChI=1S/C26H40N7O20P3S/c1-26(2,20(39)23(40)29-6-5-15(35)28-7-8-57-25(41)13(34)3-4-16(36)37)10-50-56(47,48)53-55(45,46)49-9-14-19(52-54(42,43)44)18(38)24(51-14)33-12-32-17-21(27)30-11-31-22(17)33/h3,11-12,14,18-20,24,34,38-39H,4-10H2,1-2H3,(H,28,35)(H,29,40)(H,36,37)(H,45,46)(H,47,48)(H2,27,30,31)(H2,42,43,44)/b13-3-/t14-,18-,19-,20+,24-/m1/s1. The molecular formula is C26H40N7O20P3S. The number of fused-ring (bicyclic) bond motifs is 1. The fourth-order valence-corrected chi connectivity index (χ4v) is 8.06. The number of hydrogen-bond acceptors (Lipinski definition) is 20. The molecule has 1 fully saturated rings. The average Bonchev–Trinajstić information content (AvgIpc) is 3.66. The second-order valence-electron chi connectivity index (χ2n) is 12.4. The summed E-state index contributed by atoms with van der Waals surface area (Å²) in [5.41, 5.74) is 4.16. The first-order valence-electron chi connectivity index (χ1n) is 16.0. The van der Waals surface area contributed by atoms with Crippen molar-refractivity contribution in [3.63, 3.8) is 0 Å². The van der Waals surface area contributed by atoms with Gasteiger partial charge in [0.25, 0.3) is 5.12 Å². The number of nitrogens with one attached hydrogen (secondary N) is 2. The number of hydrogen-bond donors (Lipinski definition) is 11. The number of phosphoric ester groups is 3. The van der Waals surface area contributed by atoms with E-state index in [4.69, 9.17) is 24.6 Å². The predicted octanol–water partition coefficient (Wildman–Crippen LogP) is -1.42. The molecule has 0 bridgehead atoms. The van der Waals surface area contributed by atoms with Gasteiger partial charge < -0.3 is 61.1 Å². The summed E-state index contributed by atoms with van der Waals surface area (Å²) in [4.78, 5) is 97.6. The Morgan fingerprint density at radius 1 is 1.05 bits per heavy atom. The van der Waals surface area contributed by atoms with Crippen molar-refractivity contribution in [2.45, 2.75) is 57.3 Å². The summed E-state index contributed by atoms with van der Waals surface area (Å²) in [5, 5.41) is 43.3. The third-order valence-electron chi connectivity index (χ3n) is 7.41. The van der Waals surface area contributed by atoms with Gasteiger partial charge in [0.05, 0.1) is 26.0 Å². The highest BCUT2D eigenvalue weighted by molar-refractivity contribution is 8.14. The minimum atomic E-state index is -5.60. The minimum absolute atomic E-state index is 0.0133. The lowest BCUT2D eigenvalue weighted by Gasteiger charge is -2.30. The number of thioether (sulfide) groups is 1. The number of anilines is 1. The smallest absolute Gasteiger partial charge is 0.481 e. The Labute approximate surface area is 325 Å². The first kappa shape index (κ1) is 47.9. The molecule has 31 heteroatoms. The summed E-state index contributed by atoms with van der Waals surface area (Å²) in [5.74, 6) is -3.65. The number of aliphatic hydroxyl groups is 3. The molecule has 1 aliphatic heterocycles. The van der Waals surface area contributed by atoms with E-state index in [1.54, 1.807) is 0 Å². The van der Waals surface area contributed by atoms with Gasteiger partial charge in [0.15, 0.2) is 23.5 Å². The number of carboxylic acid groups (broad SMARTS) is 1. The molecule has 57 heavy (non-hydrogen) atoms. The number of carboxylic acids is 1. The molecule has 2 amide bonds. The molecule has 0 radical (unpaired) electrons. The first-order valence-corrected chi connectivity index (χ1v) is 21.5. The molecule has 2 aromatic rings. The number of aromatic nitrogens is 4. The lowest BCUT2D eigenvalue weighted by atomic mass is 9.87. The Morgan fingerprint density at radius 3 is 2.37 bits per heavy atom. The monoisotopic (exact) mass is 895 g/mol. The number of imidazole rings is 1. The van der Waals surface area contributed by atoms with Crippen LogP contribution in [0.4, 0.5) is 5.82 Å². The third-order valence-corrected chi connectivity index (χ3v) is 11.4. The van der Waals surface area contributed by atoms with Crippen LogP contribution in [0.5, 0.6) is 0 Å². The van der Waals surface area contributed by atoms with Crippen LogP contribution in [0.15, 0.2) is 24.5 Å². The van der Waals surface area contributed by atoms with Crippen LogP contribution in [0.1, 0.15) is 32.9 Å². The largest absolute Gasteiger partial charge is 0.504 e. The number of ether oxygens (including phenoxy) is 1. The number of rotatable bonds is 22. The highest BCUT2D eigenvalue weighted by atomic mass is 32.2. The molecule has 12 N–H and O–H groups in total. The summed E-state index contributed by atoms with van der Waals surface area (Å²) < 4.78 is 61.9. The van der Waals surface area contributed by atoms with Crippen molar-refractivity contribution in [3.05, 3.63) is 24.5 Å². The topological polar surface area (TPSA) is 421 Å². The summed E-state index contributed by atoms with van der Waals surface area (Å²) >= 11 is 0.619. The fraction of sp³-hybridized carbons (Fsp3) is 0.577. The number of amides is 2. The third kappa shape index (κ3) is 14.7. The Hall–Kier alpha value is -3.43. The number of carbonyl (C=O) groups excluding carboxylic acids is 3. The molecule has 0 aromatic carbocycles. The molecule has 1 aliphatic rings. The van der Waals surface area contributed by atoms with Crippen LogP contribution in [-0.4, -0.2) is 139 Å². The van der Waals surface area contributed by atoms with Gasteiger partial charge in [-0.15, -0.1) is 0 Å². The molecule has 7 atom stereocenters. The zero-order chi connectivity index (χ0) is 42.9. The van der Waals surface area contributed by atoms with Crippen LogP contribution in [0.25, 0.3) is 11.2 Å². The molecule has 27 nitrogen and oxygen atoms in total. The summed E-state index contributed by atoms with van der Waals surface area (Å²) in [6.45, 7) is -0.00143. The minimum Gasteiger partial charge on any atom is -0.504 e. The SMILES string of the molecule is CC(C)(COP(=O)(O)OP(=O)(O)OC[C@H]1O[C@@H](n2cnc3c(N)ncnc32)[C@H](O)[C@@H]1OP(=O)(O)O)[C@@H](O)C(=O)NCCC(=O)NCCSC(=O)/C(O)=C/CC(=O)O. The van der Waals surface area contributed by atoms with Crippen molar-refractivity contribution in [1.29, 1.82) is 0 Å². The zero-order valence-electron chi connectivity index (χ0n) is 29.7. The van der Waals surface area contributed by atoms with Crippen LogP contribution in [0.2, 0.25) is 0 Å². The Bertz CT molecular complexity index is 1960. The molecule has 1 saturated heterocycles. The molecular weight excluding hydrogens is 855 g/mol. The van der Waals surface area contributed by atoms with E-state index in [9.17, 15) is 67.8 Å². The van der Waals surface area contributed by atoms with E-state index in [0.717, 1.165) is 23.3 Å². The Balaban J connectivity index is 1.48.